The molecule has 0 radical (unpaired) electrons. The van der Waals surface area contributed by atoms with Crippen LogP contribution in [0.3, 0.4) is 0 Å². The van der Waals surface area contributed by atoms with Gasteiger partial charge in [-0.2, -0.15) is 0 Å². The minimum absolute atomic E-state index is 0.301. The number of hydrogen-bond donors (Lipinski definition) is 4. The number of pyridine rings is 2. The van der Waals surface area contributed by atoms with Crippen LogP contribution in [0, 0.1) is 0 Å². The van der Waals surface area contributed by atoms with Crippen LogP contribution in [0.4, 0.5) is 41.9 Å². The van der Waals surface area contributed by atoms with E-state index in [1.807, 2.05) is 133 Å². The van der Waals surface area contributed by atoms with Crippen molar-refractivity contribution in [2.45, 2.75) is 27.7 Å². The molecule has 0 saturated heterocycles. The second-order valence-corrected chi connectivity index (χ2v) is 15.4. The number of ether oxygens (including phenoxy) is 4. The number of aromatic nitrogens is 2. The summed E-state index contributed by atoms with van der Waals surface area (Å²) in [6.45, 7) is 8.25. The Morgan fingerprint density at radius 3 is 0.986 bits per heavy atom. The molecule has 0 aliphatic carbocycles. The largest absolute Gasteiger partial charge is 0.759 e. The summed E-state index contributed by atoms with van der Waals surface area (Å²) < 4.78 is 54.0. The molecule has 6 aromatic carbocycles. The second-order valence-electron chi connectivity index (χ2n) is 14.6. The van der Waals surface area contributed by atoms with Crippen LogP contribution in [0.2, 0.25) is 0 Å². The van der Waals surface area contributed by atoms with Crippen LogP contribution >= 0.6 is 0 Å². The van der Waals surface area contributed by atoms with Gasteiger partial charge in [-0.3, -0.25) is 29.7 Å². The minimum Gasteiger partial charge on any atom is -0.759 e. The number of anilines is 4. The monoisotopic (exact) mass is 956 g/mol. The lowest BCUT2D eigenvalue weighted by atomic mass is 9.99. The average molecular weight is 957 g/mol. The third-order valence-corrected chi connectivity index (χ3v) is 9.93. The molecular formula is C50H48N6O12S. The molecule has 8 aromatic rings. The number of aromatic amines is 2. The van der Waals surface area contributed by atoms with Crippen LogP contribution in [0.5, 0.6) is 0 Å². The predicted octanol–water partition coefficient (Wildman–Crippen LogP) is 9.88. The molecule has 0 fully saturated rings. The summed E-state index contributed by atoms with van der Waals surface area (Å²) in [7, 11) is -5.17. The van der Waals surface area contributed by atoms with Gasteiger partial charge in [-0.1, -0.05) is 48.5 Å². The highest BCUT2D eigenvalue weighted by Crippen LogP contribution is 2.35. The zero-order valence-electron chi connectivity index (χ0n) is 37.8. The number of carbonyl (C=O) groups excluding carboxylic acids is 4. The van der Waals surface area contributed by atoms with E-state index >= 15 is 0 Å². The lowest BCUT2D eigenvalue weighted by Crippen LogP contribution is -2.15. The van der Waals surface area contributed by atoms with Gasteiger partial charge in [0.05, 0.1) is 59.3 Å². The Balaban J connectivity index is 0.000000207. The molecule has 4 amide bonds. The molecule has 0 aliphatic heterocycles. The van der Waals surface area contributed by atoms with Crippen LogP contribution in [0.25, 0.3) is 65.9 Å². The minimum atomic E-state index is -5.17. The van der Waals surface area contributed by atoms with Gasteiger partial charge in [0.25, 0.3) is 0 Å². The first-order valence-corrected chi connectivity index (χ1v) is 22.9. The molecule has 2 heterocycles. The van der Waals surface area contributed by atoms with Gasteiger partial charge in [0.2, 0.25) is 22.4 Å². The van der Waals surface area contributed by atoms with Crippen molar-refractivity contribution in [2.75, 3.05) is 47.7 Å². The molecule has 0 atom stereocenters. The van der Waals surface area contributed by atoms with Crippen LogP contribution in [0.15, 0.2) is 133 Å². The topological polar surface area (TPSA) is 262 Å². The number of H-pyrrole nitrogens is 2. The van der Waals surface area contributed by atoms with Gasteiger partial charge in [-0.05, 0) is 100 Å². The van der Waals surface area contributed by atoms with Crippen LogP contribution in [-0.2, 0) is 29.3 Å². The van der Waals surface area contributed by atoms with Gasteiger partial charge in [0.1, 0.15) is 0 Å². The van der Waals surface area contributed by atoms with E-state index < -0.39 is 34.8 Å². The fraction of sp³-hybridized carbons (Fsp3) is 0.160. The SMILES string of the molecule is CCOC(=O)Nc1ccc2c(c1)[nH+]c(-c1ccccc1)c1cc(NC(=O)OCC)ccc12.CCOC(=O)Nc1ccc2c(c1)[nH+]c(-c1ccccc1)c1cc(NC(=O)OCC)ccc12.O=S(=O)([O-])[O-]. The first-order chi connectivity index (χ1) is 33.2. The van der Waals surface area contributed by atoms with Gasteiger partial charge in [0.15, 0.2) is 0 Å². The van der Waals surface area contributed by atoms with Crippen LogP contribution in [-0.4, -0.2) is 68.3 Å². The van der Waals surface area contributed by atoms with Crippen molar-refractivity contribution in [3.05, 3.63) is 133 Å². The maximum absolute atomic E-state index is 11.9. The number of hydrogen-bond acceptors (Lipinski definition) is 12. The summed E-state index contributed by atoms with van der Waals surface area (Å²) in [4.78, 5) is 54.5. The molecule has 19 heteroatoms. The van der Waals surface area contributed by atoms with E-state index in [-0.39, 0.29) is 0 Å². The van der Waals surface area contributed by atoms with E-state index in [0.717, 1.165) is 65.9 Å². The quantitative estimate of drug-likeness (QED) is 0.0432. The highest BCUT2D eigenvalue weighted by molar-refractivity contribution is 7.79. The van der Waals surface area contributed by atoms with E-state index in [0.29, 0.717) is 49.2 Å². The Bertz CT molecular complexity index is 3040. The fourth-order valence-corrected chi connectivity index (χ4v) is 7.26. The molecule has 0 spiro atoms. The highest BCUT2D eigenvalue weighted by Gasteiger charge is 2.20. The maximum Gasteiger partial charge on any atom is 0.411 e. The molecule has 8 rings (SSSR count). The molecule has 0 aliphatic rings. The number of fused-ring (bicyclic) bond motifs is 6. The molecule has 2 aromatic heterocycles. The molecule has 18 nitrogen and oxygen atoms in total. The summed E-state index contributed by atoms with van der Waals surface area (Å²) in [6.07, 6.45) is -1.98. The van der Waals surface area contributed by atoms with Crippen molar-refractivity contribution in [3.8, 4) is 22.5 Å². The van der Waals surface area contributed by atoms with Gasteiger partial charge in [0, 0.05) is 55.8 Å². The van der Waals surface area contributed by atoms with Crippen molar-refractivity contribution >= 4 is 101 Å². The smallest absolute Gasteiger partial charge is 0.411 e. The second kappa shape index (κ2) is 23.4. The summed E-state index contributed by atoms with van der Waals surface area (Å²) in [5, 5.41) is 16.9. The molecule has 0 unspecified atom stereocenters. The molecule has 69 heavy (non-hydrogen) atoms. The Labute approximate surface area is 396 Å². The standard InChI is InChI=1S/2C25H23N3O4.H2O4S/c2*1-3-31-24(29)26-17-10-12-19-20-13-11-18(27-25(30)32-4-2)15-22(20)28-23(21(19)14-17)16-8-6-5-7-9-16;1-5(2,3)4/h2*5-15H,3-4H2,1-2H3,(H,26,29)(H,27,30);(H2,1,2,3,4). The summed E-state index contributed by atoms with van der Waals surface area (Å²) in [5.74, 6) is 0. The van der Waals surface area contributed by atoms with Crippen LogP contribution in [0.1, 0.15) is 27.7 Å². The third-order valence-electron chi connectivity index (χ3n) is 9.93. The van der Waals surface area contributed by atoms with Gasteiger partial charge in [-0.15, -0.1) is 0 Å². The molecule has 0 bridgehead atoms. The third kappa shape index (κ3) is 13.8. The molecule has 6 N–H and O–H groups in total. The first kappa shape index (κ1) is 50.0. The van der Waals surface area contributed by atoms with E-state index in [4.69, 9.17) is 36.5 Å². The Kier molecular flexibility index (Phi) is 16.9. The van der Waals surface area contributed by atoms with Gasteiger partial charge in [-0.25, -0.2) is 29.1 Å². The normalized spacial score (nSPS) is 10.8. The van der Waals surface area contributed by atoms with Crippen LogP contribution < -0.4 is 31.2 Å². The zero-order chi connectivity index (χ0) is 49.5. The Morgan fingerprint density at radius 1 is 0.420 bits per heavy atom. The zero-order valence-corrected chi connectivity index (χ0v) is 38.7. The molecular weight excluding hydrogens is 909 g/mol. The van der Waals surface area contributed by atoms with Crippen molar-refractivity contribution < 1.29 is 65.6 Å². The van der Waals surface area contributed by atoms with Crippen molar-refractivity contribution in [1.29, 1.82) is 0 Å². The highest BCUT2D eigenvalue weighted by atomic mass is 32.3. The number of benzene rings is 6. The number of rotatable bonds is 10. The van der Waals surface area contributed by atoms with Gasteiger partial charge >= 0.3 is 24.4 Å². The maximum atomic E-state index is 11.9. The lowest BCUT2D eigenvalue weighted by Gasteiger charge is -2.10. The van der Waals surface area contributed by atoms with E-state index in [1.54, 1.807) is 27.7 Å². The lowest BCUT2D eigenvalue weighted by molar-refractivity contribution is -0.329. The predicted molar refractivity (Wildman–Crippen MR) is 260 cm³/mol. The first-order valence-electron chi connectivity index (χ1n) is 21.6. The summed E-state index contributed by atoms with van der Waals surface area (Å²) in [6, 6.07) is 42.7. The number of carbonyl (C=O) groups is 4. The van der Waals surface area contributed by atoms with E-state index in [9.17, 15) is 19.2 Å². The summed E-state index contributed by atoms with van der Waals surface area (Å²) >= 11 is 0. The van der Waals surface area contributed by atoms with Crippen molar-refractivity contribution in [2.24, 2.45) is 0 Å². The number of nitrogens with one attached hydrogen (secondary N) is 6. The summed E-state index contributed by atoms with van der Waals surface area (Å²) in [5.41, 5.74) is 8.05. The average Bonchev–Trinajstić information content (AvgIpc) is 3.31. The van der Waals surface area contributed by atoms with Gasteiger partial charge < -0.3 is 28.1 Å². The molecule has 0 saturated carbocycles. The molecule has 356 valence electrons. The van der Waals surface area contributed by atoms with E-state index in [1.165, 1.54) is 0 Å². The number of amides is 4. The fourth-order valence-electron chi connectivity index (χ4n) is 7.26. The van der Waals surface area contributed by atoms with Crippen molar-refractivity contribution in [1.82, 2.24) is 0 Å². The van der Waals surface area contributed by atoms with Crippen molar-refractivity contribution in [3.63, 3.8) is 0 Å². The Hall–Kier alpha value is -8.39. The van der Waals surface area contributed by atoms with E-state index in [2.05, 4.69) is 31.2 Å². The Morgan fingerprint density at radius 2 is 0.696 bits per heavy atom.